The molecule has 6 heteroatoms. The molecule has 0 atom stereocenters. The van der Waals surface area contributed by atoms with Crippen LogP contribution in [0.1, 0.15) is 23.1 Å². The average Bonchev–Trinajstić information content (AvgIpc) is 3.12. The second-order valence-electron chi connectivity index (χ2n) is 6.19. The van der Waals surface area contributed by atoms with E-state index in [0.717, 1.165) is 34.7 Å². The first-order valence-corrected chi connectivity index (χ1v) is 8.48. The fourth-order valence-electron chi connectivity index (χ4n) is 2.73. The number of rotatable bonds is 6. The van der Waals surface area contributed by atoms with Crippen molar-refractivity contribution in [1.29, 1.82) is 0 Å². The van der Waals surface area contributed by atoms with Gasteiger partial charge >= 0.3 is 6.18 Å². The summed E-state index contributed by atoms with van der Waals surface area (Å²) >= 11 is 0. The highest BCUT2D eigenvalue weighted by Crippen LogP contribution is 2.32. The number of nitrogens with one attached hydrogen (secondary N) is 1. The van der Waals surface area contributed by atoms with Crippen molar-refractivity contribution in [3.63, 3.8) is 0 Å². The molecular formula is C22H16F3NO2. The van der Waals surface area contributed by atoms with Crippen LogP contribution >= 0.6 is 0 Å². The lowest BCUT2D eigenvalue weighted by atomic mass is 10.1. The Kier molecular flexibility index (Phi) is 5.59. The van der Waals surface area contributed by atoms with Crippen LogP contribution in [-0.2, 0) is 15.8 Å². The van der Waals surface area contributed by atoms with Gasteiger partial charge < -0.3 is 4.98 Å². The molecule has 3 aromatic rings. The van der Waals surface area contributed by atoms with Crippen molar-refractivity contribution in [1.82, 2.24) is 4.98 Å². The van der Waals surface area contributed by atoms with Gasteiger partial charge in [0.25, 0.3) is 0 Å². The zero-order valence-electron chi connectivity index (χ0n) is 14.7. The van der Waals surface area contributed by atoms with Crippen LogP contribution in [0.25, 0.3) is 23.1 Å². The lowest BCUT2D eigenvalue weighted by Gasteiger charge is -2.09. The normalized spacial score (nSPS) is 12.2. The molecule has 142 valence electrons. The van der Waals surface area contributed by atoms with Gasteiger partial charge in [0.15, 0.2) is 11.6 Å². The maximum absolute atomic E-state index is 12.9. The Morgan fingerprint density at radius 3 is 2.39 bits per heavy atom. The second-order valence-corrected chi connectivity index (χ2v) is 6.19. The van der Waals surface area contributed by atoms with Gasteiger partial charge in [0.1, 0.15) is 0 Å². The largest absolute Gasteiger partial charge is 0.416 e. The van der Waals surface area contributed by atoms with E-state index < -0.39 is 29.7 Å². The minimum absolute atomic E-state index is 0.120. The molecule has 0 aliphatic heterocycles. The van der Waals surface area contributed by atoms with E-state index in [9.17, 15) is 22.8 Å². The molecule has 0 aliphatic carbocycles. The molecule has 1 heterocycles. The Morgan fingerprint density at radius 1 is 0.929 bits per heavy atom. The minimum Gasteiger partial charge on any atom is -0.361 e. The van der Waals surface area contributed by atoms with Crippen molar-refractivity contribution in [2.75, 3.05) is 0 Å². The van der Waals surface area contributed by atoms with Gasteiger partial charge in [-0.15, -0.1) is 0 Å². The number of aromatic nitrogens is 1. The molecule has 2 aromatic carbocycles. The summed E-state index contributed by atoms with van der Waals surface area (Å²) in [5.41, 5.74) is 0.776. The highest BCUT2D eigenvalue weighted by atomic mass is 19.4. The molecule has 0 bridgehead atoms. The minimum atomic E-state index is -4.51. The van der Waals surface area contributed by atoms with Crippen molar-refractivity contribution in [3.8, 4) is 0 Å². The number of ketones is 2. The summed E-state index contributed by atoms with van der Waals surface area (Å²) in [6.07, 6.45) is 1.86. The first-order valence-electron chi connectivity index (χ1n) is 8.48. The van der Waals surface area contributed by atoms with Crippen LogP contribution in [0.15, 0.2) is 66.9 Å². The SMILES string of the molecule is O=C(C=Cc1ccc2cc[nH]c2c1)CC(=O)C=Cc1ccccc1C(F)(F)F. The number of carbonyl (C=O) groups is 2. The van der Waals surface area contributed by atoms with E-state index in [4.69, 9.17) is 0 Å². The number of fused-ring (bicyclic) bond motifs is 1. The van der Waals surface area contributed by atoms with Gasteiger partial charge in [-0.2, -0.15) is 13.2 Å². The number of alkyl halides is 3. The smallest absolute Gasteiger partial charge is 0.361 e. The zero-order chi connectivity index (χ0) is 20.1. The summed E-state index contributed by atoms with van der Waals surface area (Å²) < 4.78 is 38.8. The van der Waals surface area contributed by atoms with Gasteiger partial charge in [0.2, 0.25) is 0 Å². The summed E-state index contributed by atoms with van der Waals surface area (Å²) in [6.45, 7) is 0. The number of allylic oxidation sites excluding steroid dienone is 2. The first kappa shape index (κ1) is 19.4. The van der Waals surface area contributed by atoms with E-state index in [1.807, 2.05) is 30.5 Å². The van der Waals surface area contributed by atoms with Crippen molar-refractivity contribution in [2.24, 2.45) is 0 Å². The van der Waals surface area contributed by atoms with E-state index in [-0.39, 0.29) is 5.56 Å². The van der Waals surface area contributed by atoms with Crippen molar-refractivity contribution >= 4 is 34.6 Å². The van der Waals surface area contributed by atoms with E-state index >= 15 is 0 Å². The molecule has 3 nitrogen and oxygen atoms in total. The number of carbonyl (C=O) groups excluding carboxylic acids is 2. The first-order chi connectivity index (χ1) is 13.3. The van der Waals surface area contributed by atoms with Gasteiger partial charge in [-0.25, -0.2) is 0 Å². The summed E-state index contributed by atoms with van der Waals surface area (Å²) in [5, 5.41) is 1.04. The molecule has 3 rings (SSSR count). The quantitative estimate of drug-likeness (QED) is 0.455. The Labute approximate surface area is 159 Å². The molecule has 1 N–H and O–H groups in total. The van der Waals surface area contributed by atoms with Crippen molar-refractivity contribution in [2.45, 2.75) is 12.6 Å². The van der Waals surface area contributed by atoms with E-state index in [2.05, 4.69) is 4.98 Å². The topological polar surface area (TPSA) is 49.9 Å². The number of H-pyrrole nitrogens is 1. The number of hydrogen-bond acceptors (Lipinski definition) is 2. The molecule has 0 amide bonds. The molecule has 0 aliphatic rings. The highest BCUT2D eigenvalue weighted by molar-refractivity contribution is 6.11. The number of benzene rings is 2. The third kappa shape index (κ3) is 4.85. The Morgan fingerprint density at radius 2 is 1.64 bits per heavy atom. The second kappa shape index (κ2) is 8.08. The van der Waals surface area contributed by atoms with Crippen LogP contribution in [-0.4, -0.2) is 16.6 Å². The van der Waals surface area contributed by atoms with Crippen LogP contribution in [0.2, 0.25) is 0 Å². The summed E-state index contributed by atoms with van der Waals surface area (Å²) in [7, 11) is 0. The lowest BCUT2D eigenvalue weighted by molar-refractivity contribution is -0.137. The van der Waals surface area contributed by atoms with E-state index in [1.54, 1.807) is 6.08 Å². The number of halogens is 3. The maximum Gasteiger partial charge on any atom is 0.416 e. The molecule has 0 spiro atoms. The molecule has 1 aromatic heterocycles. The monoisotopic (exact) mass is 383 g/mol. The third-order valence-corrected chi connectivity index (χ3v) is 4.10. The Balaban J connectivity index is 1.63. The Bertz CT molecular complexity index is 1070. The lowest BCUT2D eigenvalue weighted by Crippen LogP contribution is -2.07. The maximum atomic E-state index is 12.9. The van der Waals surface area contributed by atoms with Crippen LogP contribution in [0.3, 0.4) is 0 Å². The van der Waals surface area contributed by atoms with E-state index in [1.165, 1.54) is 24.3 Å². The summed E-state index contributed by atoms with van der Waals surface area (Å²) in [4.78, 5) is 26.9. The molecule has 0 unspecified atom stereocenters. The number of aromatic amines is 1. The van der Waals surface area contributed by atoms with Crippen LogP contribution in [0.5, 0.6) is 0 Å². The van der Waals surface area contributed by atoms with Crippen LogP contribution < -0.4 is 0 Å². The predicted molar refractivity (Wildman–Crippen MR) is 102 cm³/mol. The average molecular weight is 383 g/mol. The molecule has 0 saturated heterocycles. The highest BCUT2D eigenvalue weighted by Gasteiger charge is 2.32. The molecular weight excluding hydrogens is 367 g/mol. The fourth-order valence-corrected chi connectivity index (χ4v) is 2.73. The fraction of sp³-hybridized carbons (Fsp3) is 0.0909. The predicted octanol–water partition coefficient (Wildman–Crippen LogP) is 5.44. The number of hydrogen-bond donors (Lipinski definition) is 1. The third-order valence-electron chi connectivity index (χ3n) is 4.10. The molecule has 0 fully saturated rings. The standard InChI is InChI=1S/C22H16F3NO2/c23-22(24,25)20-4-2-1-3-16(20)8-10-19(28)14-18(27)9-6-15-5-7-17-11-12-26-21(17)13-15/h1-13,26H,14H2. The molecule has 0 radical (unpaired) electrons. The summed E-state index contributed by atoms with van der Waals surface area (Å²) in [5.74, 6) is -0.989. The van der Waals surface area contributed by atoms with Gasteiger partial charge in [-0.1, -0.05) is 42.5 Å². The zero-order valence-corrected chi connectivity index (χ0v) is 14.7. The summed E-state index contributed by atoms with van der Waals surface area (Å²) in [6, 6.07) is 12.5. The van der Waals surface area contributed by atoms with Gasteiger partial charge in [0.05, 0.1) is 12.0 Å². The Hall–Kier alpha value is -3.41. The molecule has 28 heavy (non-hydrogen) atoms. The van der Waals surface area contributed by atoms with Crippen molar-refractivity contribution < 1.29 is 22.8 Å². The van der Waals surface area contributed by atoms with Crippen molar-refractivity contribution in [3.05, 3.63) is 83.6 Å². The van der Waals surface area contributed by atoms with Crippen LogP contribution in [0, 0.1) is 0 Å². The van der Waals surface area contributed by atoms with Gasteiger partial charge in [-0.05, 0) is 46.9 Å². The molecule has 0 saturated carbocycles. The van der Waals surface area contributed by atoms with Gasteiger partial charge in [-0.3, -0.25) is 9.59 Å². The van der Waals surface area contributed by atoms with E-state index in [0.29, 0.717) is 0 Å². The van der Waals surface area contributed by atoms with Gasteiger partial charge in [0, 0.05) is 11.7 Å². The van der Waals surface area contributed by atoms with Crippen LogP contribution in [0.4, 0.5) is 13.2 Å².